The molecule has 118 valence electrons. The molecule has 0 bridgehead atoms. The van der Waals surface area contributed by atoms with Crippen LogP contribution in [0.2, 0.25) is 0 Å². The molecule has 2 saturated heterocycles. The minimum Gasteiger partial charge on any atom is -0.342 e. The van der Waals surface area contributed by atoms with Crippen LogP contribution in [0.15, 0.2) is 0 Å². The summed E-state index contributed by atoms with van der Waals surface area (Å²) in [7, 11) is 0. The molecule has 0 aromatic rings. The predicted molar refractivity (Wildman–Crippen MR) is 79.6 cm³/mol. The highest BCUT2D eigenvalue weighted by atomic mass is 16.2. The maximum Gasteiger partial charge on any atom is 0.227 e. The van der Waals surface area contributed by atoms with Gasteiger partial charge in [-0.05, 0) is 26.7 Å². The van der Waals surface area contributed by atoms with E-state index in [-0.39, 0.29) is 29.7 Å². The number of Topliss-reactive ketones (excluding diaryl/α,β-unsaturated/α-hetero) is 1. The summed E-state index contributed by atoms with van der Waals surface area (Å²) in [6.07, 6.45) is 2.46. The lowest BCUT2D eigenvalue weighted by Gasteiger charge is -2.33. The van der Waals surface area contributed by atoms with Gasteiger partial charge in [-0.3, -0.25) is 14.4 Å². The smallest absolute Gasteiger partial charge is 0.227 e. The fourth-order valence-electron chi connectivity index (χ4n) is 3.36. The van der Waals surface area contributed by atoms with Crippen molar-refractivity contribution in [3.8, 4) is 0 Å². The lowest BCUT2D eigenvalue weighted by atomic mass is 9.90. The molecule has 5 heteroatoms. The molecule has 2 fully saturated rings. The third-order valence-corrected chi connectivity index (χ3v) is 4.74. The SMILES string of the molecule is CCC(=O)C1CCN(C(=O)C2CC(=O)N(C(C)C)C2)CC1. The Morgan fingerprint density at radius 1 is 1.19 bits per heavy atom. The number of ketones is 1. The van der Waals surface area contributed by atoms with Crippen LogP contribution in [0.25, 0.3) is 0 Å². The number of hydrogen-bond acceptors (Lipinski definition) is 3. The molecule has 2 aliphatic rings. The number of piperidine rings is 1. The van der Waals surface area contributed by atoms with Crippen LogP contribution in [0.5, 0.6) is 0 Å². The summed E-state index contributed by atoms with van der Waals surface area (Å²) >= 11 is 0. The molecule has 0 spiro atoms. The van der Waals surface area contributed by atoms with Crippen LogP contribution in [0.3, 0.4) is 0 Å². The van der Waals surface area contributed by atoms with Gasteiger partial charge in [-0.1, -0.05) is 6.92 Å². The van der Waals surface area contributed by atoms with E-state index < -0.39 is 0 Å². The van der Waals surface area contributed by atoms with Gasteiger partial charge in [0.1, 0.15) is 5.78 Å². The highest BCUT2D eigenvalue weighted by Crippen LogP contribution is 2.25. The van der Waals surface area contributed by atoms with E-state index in [2.05, 4.69) is 0 Å². The molecular formula is C16H26N2O3. The number of amides is 2. The molecule has 0 N–H and O–H groups in total. The molecule has 0 radical (unpaired) electrons. The summed E-state index contributed by atoms with van der Waals surface area (Å²) in [4.78, 5) is 39.8. The third-order valence-electron chi connectivity index (χ3n) is 4.74. The normalized spacial score (nSPS) is 24.0. The molecule has 2 aliphatic heterocycles. The average Bonchev–Trinajstić information content (AvgIpc) is 2.88. The first-order valence-corrected chi connectivity index (χ1v) is 8.05. The third kappa shape index (κ3) is 3.44. The first-order valence-electron chi connectivity index (χ1n) is 8.05. The molecule has 0 saturated carbocycles. The second-order valence-electron chi connectivity index (χ2n) is 6.46. The van der Waals surface area contributed by atoms with Crippen LogP contribution >= 0.6 is 0 Å². The van der Waals surface area contributed by atoms with Gasteiger partial charge in [0.2, 0.25) is 11.8 Å². The van der Waals surface area contributed by atoms with E-state index in [0.29, 0.717) is 38.3 Å². The summed E-state index contributed by atoms with van der Waals surface area (Å²) in [6.45, 7) is 7.70. The van der Waals surface area contributed by atoms with Crippen molar-refractivity contribution in [2.75, 3.05) is 19.6 Å². The van der Waals surface area contributed by atoms with E-state index in [9.17, 15) is 14.4 Å². The molecular weight excluding hydrogens is 268 g/mol. The Balaban J connectivity index is 1.88. The van der Waals surface area contributed by atoms with Gasteiger partial charge in [-0.15, -0.1) is 0 Å². The highest BCUT2D eigenvalue weighted by Gasteiger charge is 2.38. The van der Waals surface area contributed by atoms with Gasteiger partial charge in [-0.25, -0.2) is 0 Å². The summed E-state index contributed by atoms with van der Waals surface area (Å²) in [5.74, 6) is 0.409. The van der Waals surface area contributed by atoms with Gasteiger partial charge >= 0.3 is 0 Å². The van der Waals surface area contributed by atoms with Crippen molar-refractivity contribution in [3.05, 3.63) is 0 Å². The number of rotatable bonds is 4. The molecule has 1 unspecified atom stereocenters. The lowest BCUT2D eigenvalue weighted by Crippen LogP contribution is -2.44. The van der Waals surface area contributed by atoms with E-state index in [1.165, 1.54) is 0 Å². The van der Waals surface area contributed by atoms with Gasteiger partial charge in [0.05, 0.1) is 5.92 Å². The zero-order valence-electron chi connectivity index (χ0n) is 13.3. The minimum absolute atomic E-state index is 0.0828. The van der Waals surface area contributed by atoms with Crippen molar-refractivity contribution in [1.82, 2.24) is 9.80 Å². The molecule has 2 amide bonds. The molecule has 21 heavy (non-hydrogen) atoms. The zero-order valence-corrected chi connectivity index (χ0v) is 13.3. The maximum absolute atomic E-state index is 12.5. The summed E-state index contributed by atoms with van der Waals surface area (Å²) in [5, 5.41) is 0. The van der Waals surface area contributed by atoms with Crippen LogP contribution in [-0.2, 0) is 14.4 Å². The Kier molecular flexibility index (Phi) is 5.01. The number of likely N-dealkylation sites (tertiary alicyclic amines) is 2. The van der Waals surface area contributed by atoms with Crippen LogP contribution in [0, 0.1) is 11.8 Å². The summed E-state index contributed by atoms with van der Waals surface area (Å²) in [5.41, 5.74) is 0. The first-order chi connectivity index (χ1) is 9.93. The molecule has 5 nitrogen and oxygen atoms in total. The van der Waals surface area contributed by atoms with Crippen LogP contribution < -0.4 is 0 Å². The van der Waals surface area contributed by atoms with Crippen molar-refractivity contribution in [2.45, 2.75) is 52.5 Å². The average molecular weight is 294 g/mol. The molecule has 0 aromatic heterocycles. The van der Waals surface area contributed by atoms with Crippen molar-refractivity contribution < 1.29 is 14.4 Å². The maximum atomic E-state index is 12.5. The van der Waals surface area contributed by atoms with E-state index in [1.807, 2.05) is 25.7 Å². The van der Waals surface area contributed by atoms with Crippen molar-refractivity contribution in [3.63, 3.8) is 0 Å². The molecule has 2 rings (SSSR count). The van der Waals surface area contributed by atoms with E-state index in [1.54, 1.807) is 4.90 Å². The molecule has 0 aliphatic carbocycles. The molecule has 0 aromatic carbocycles. The van der Waals surface area contributed by atoms with Gasteiger partial charge in [0.25, 0.3) is 0 Å². The fourth-order valence-corrected chi connectivity index (χ4v) is 3.36. The summed E-state index contributed by atoms with van der Waals surface area (Å²) < 4.78 is 0. The fraction of sp³-hybridized carbons (Fsp3) is 0.812. The van der Waals surface area contributed by atoms with E-state index >= 15 is 0 Å². The first kappa shape index (κ1) is 16.0. The topological polar surface area (TPSA) is 57.7 Å². The minimum atomic E-state index is -0.196. The Morgan fingerprint density at radius 3 is 2.29 bits per heavy atom. The number of hydrogen-bond donors (Lipinski definition) is 0. The standard InChI is InChI=1S/C16H26N2O3/c1-4-14(19)12-5-7-17(8-6-12)16(21)13-9-15(20)18(10-13)11(2)3/h11-13H,4-10H2,1-3H3. The van der Waals surface area contributed by atoms with Gasteiger partial charge in [0, 0.05) is 44.4 Å². The second-order valence-corrected chi connectivity index (χ2v) is 6.46. The Bertz CT molecular complexity index is 425. The quantitative estimate of drug-likeness (QED) is 0.789. The molecule has 2 heterocycles. The predicted octanol–water partition coefficient (Wildman–Crippen LogP) is 1.46. The van der Waals surface area contributed by atoms with Gasteiger partial charge < -0.3 is 9.80 Å². The van der Waals surface area contributed by atoms with Gasteiger partial charge in [-0.2, -0.15) is 0 Å². The largest absolute Gasteiger partial charge is 0.342 e. The van der Waals surface area contributed by atoms with Crippen LogP contribution in [-0.4, -0.2) is 53.1 Å². The lowest BCUT2D eigenvalue weighted by molar-refractivity contribution is -0.138. The van der Waals surface area contributed by atoms with Crippen molar-refractivity contribution in [1.29, 1.82) is 0 Å². The van der Waals surface area contributed by atoms with Gasteiger partial charge in [0.15, 0.2) is 0 Å². The van der Waals surface area contributed by atoms with E-state index in [0.717, 1.165) is 12.8 Å². The van der Waals surface area contributed by atoms with E-state index in [4.69, 9.17) is 0 Å². The monoisotopic (exact) mass is 294 g/mol. The van der Waals surface area contributed by atoms with Crippen molar-refractivity contribution >= 4 is 17.6 Å². The number of carbonyl (C=O) groups excluding carboxylic acids is 3. The Morgan fingerprint density at radius 2 is 1.81 bits per heavy atom. The molecule has 1 atom stereocenters. The number of nitrogens with zero attached hydrogens (tertiary/aromatic N) is 2. The van der Waals surface area contributed by atoms with Crippen molar-refractivity contribution in [2.24, 2.45) is 11.8 Å². The number of carbonyl (C=O) groups is 3. The zero-order chi connectivity index (χ0) is 15.6. The Labute approximate surface area is 126 Å². The van der Waals surface area contributed by atoms with Crippen LogP contribution in [0.4, 0.5) is 0 Å². The van der Waals surface area contributed by atoms with Crippen LogP contribution in [0.1, 0.15) is 46.5 Å². The summed E-state index contributed by atoms with van der Waals surface area (Å²) in [6, 6.07) is 0.156. The Hall–Kier alpha value is -1.39. The highest BCUT2D eigenvalue weighted by molar-refractivity contribution is 5.89. The second kappa shape index (κ2) is 6.58.